The van der Waals surface area contributed by atoms with E-state index in [-0.39, 0.29) is 18.8 Å². The number of fused-ring (bicyclic) bond motifs is 1. The molecule has 11 heteroatoms. The van der Waals surface area contributed by atoms with Gasteiger partial charge in [-0.3, -0.25) is 0 Å². The minimum atomic E-state index is -1.05. The van der Waals surface area contributed by atoms with E-state index >= 15 is 0 Å². The largest absolute Gasteiger partial charge is 0.534 e. The van der Waals surface area contributed by atoms with E-state index in [4.69, 9.17) is 29.5 Å². The number of nitrogen functional groups attached to an aromatic ring is 1. The second-order valence-corrected chi connectivity index (χ2v) is 11.5. The average Bonchev–Trinajstić information content (AvgIpc) is 3.19. The molecule has 2 aromatic carbocycles. The fraction of sp³-hybridized carbons (Fsp3) is 0.467. The first-order valence-electron chi connectivity index (χ1n) is 13.4. The molecule has 0 aliphatic carbocycles. The summed E-state index contributed by atoms with van der Waals surface area (Å²) in [7, 11) is 1.55. The molecular weight excluding hydrogens is 530 g/mol. The topological polar surface area (TPSA) is 135 Å². The molecule has 0 aliphatic rings. The predicted molar refractivity (Wildman–Crippen MR) is 155 cm³/mol. The number of aromatic nitrogens is 1. The number of benzene rings is 2. The van der Waals surface area contributed by atoms with Gasteiger partial charge in [0.1, 0.15) is 11.2 Å². The number of methoxy groups -OCH3 is 1. The average molecular weight is 572 g/mol. The summed E-state index contributed by atoms with van der Waals surface area (Å²) in [6.45, 7) is 12.4. The fourth-order valence-corrected chi connectivity index (χ4v) is 4.25. The van der Waals surface area contributed by atoms with Crippen molar-refractivity contribution in [2.45, 2.75) is 72.1 Å². The van der Waals surface area contributed by atoms with Gasteiger partial charge in [0, 0.05) is 17.3 Å². The highest BCUT2D eigenvalue weighted by molar-refractivity contribution is 5.97. The Bertz CT molecular complexity index is 1370. The number of carbonyl (C=O) groups excluding carboxylic acids is 2. The molecule has 3 N–H and O–H groups in total. The van der Waals surface area contributed by atoms with E-state index in [1.165, 1.54) is 0 Å². The van der Waals surface area contributed by atoms with Crippen molar-refractivity contribution in [1.29, 1.82) is 0 Å². The summed E-state index contributed by atoms with van der Waals surface area (Å²) in [4.78, 5) is 30.9. The van der Waals surface area contributed by atoms with Crippen LogP contribution in [0.15, 0.2) is 42.6 Å². The van der Waals surface area contributed by atoms with Gasteiger partial charge in [-0.1, -0.05) is 18.2 Å². The van der Waals surface area contributed by atoms with E-state index in [0.717, 1.165) is 16.0 Å². The number of nitrogens with two attached hydrogens (primary N) is 1. The number of ether oxygens (including phenoxy) is 4. The van der Waals surface area contributed by atoms with Crippen molar-refractivity contribution in [1.82, 2.24) is 9.63 Å². The van der Waals surface area contributed by atoms with Crippen molar-refractivity contribution in [2.75, 3.05) is 26.0 Å². The van der Waals surface area contributed by atoms with Crippen LogP contribution in [0.25, 0.3) is 10.8 Å². The smallest absolute Gasteiger partial charge is 0.494 e. The number of hydroxylamine groups is 2. The standard InChI is InChI=1S/C30H41N3O8/c1-9-38-24-17-19(13-14-23(24)37-8)22(32-18-20-11-10-12-21(31)25(20)26(32)34)15-16-33(27(35)39-29(2,3)4)41-28(36)40-30(5,6)7/h10-14,17-18,22,34H,9,15-16,31H2,1-8H3. The lowest BCUT2D eigenvalue weighted by Crippen LogP contribution is -2.40. The van der Waals surface area contributed by atoms with Crippen molar-refractivity contribution in [3.05, 3.63) is 48.2 Å². The highest BCUT2D eigenvalue weighted by atomic mass is 16.8. The van der Waals surface area contributed by atoms with Gasteiger partial charge in [0.05, 0.1) is 31.7 Å². The summed E-state index contributed by atoms with van der Waals surface area (Å²) in [5.74, 6) is 1.01. The molecule has 1 aromatic heterocycles. The third-order valence-electron chi connectivity index (χ3n) is 5.86. The summed E-state index contributed by atoms with van der Waals surface area (Å²) < 4.78 is 23.7. The van der Waals surface area contributed by atoms with Gasteiger partial charge in [-0.15, -0.1) is 5.06 Å². The van der Waals surface area contributed by atoms with E-state index in [1.54, 1.807) is 77.6 Å². The lowest BCUT2D eigenvalue weighted by Gasteiger charge is -2.29. The van der Waals surface area contributed by atoms with Crippen LogP contribution in [0.4, 0.5) is 15.3 Å². The van der Waals surface area contributed by atoms with Crippen LogP contribution >= 0.6 is 0 Å². The number of aromatic hydroxyl groups is 1. The third kappa shape index (κ3) is 8.12. The molecule has 1 amide bonds. The van der Waals surface area contributed by atoms with Gasteiger partial charge in [0.2, 0.25) is 5.88 Å². The lowest BCUT2D eigenvalue weighted by atomic mass is 10.0. The second-order valence-electron chi connectivity index (χ2n) is 11.5. The molecule has 0 saturated heterocycles. The molecule has 1 heterocycles. The van der Waals surface area contributed by atoms with Crippen LogP contribution in [-0.4, -0.2) is 58.4 Å². The number of anilines is 1. The Balaban J connectivity index is 2.05. The zero-order valence-electron chi connectivity index (χ0n) is 25.0. The number of carbonyl (C=O) groups is 2. The molecule has 0 radical (unpaired) electrons. The molecule has 3 rings (SSSR count). The first kappa shape index (κ1) is 31.3. The Kier molecular flexibility index (Phi) is 9.52. The zero-order chi connectivity index (χ0) is 30.5. The van der Waals surface area contributed by atoms with Crippen molar-refractivity contribution in [3.63, 3.8) is 0 Å². The zero-order valence-corrected chi connectivity index (χ0v) is 25.0. The lowest BCUT2D eigenvalue weighted by molar-refractivity contribution is -0.137. The van der Waals surface area contributed by atoms with E-state index < -0.39 is 29.5 Å². The van der Waals surface area contributed by atoms with Crippen molar-refractivity contribution < 1.29 is 38.5 Å². The Morgan fingerprint density at radius 1 is 1.02 bits per heavy atom. The minimum Gasteiger partial charge on any atom is -0.494 e. The highest BCUT2D eigenvalue weighted by Gasteiger charge is 2.30. The normalized spacial score (nSPS) is 12.5. The first-order valence-corrected chi connectivity index (χ1v) is 13.4. The quantitative estimate of drug-likeness (QED) is 0.178. The Labute approximate surface area is 240 Å². The van der Waals surface area contributed by atoms with Crippen LogP contribution in [-0.2, 0) is 14.3 Å². The predicted octanol–water partition coefficient (Wildman–Crippen LogP) is 6.42. The number of nitrogens with zero attached hydrogens (tertiary/aromatic N) is 2. The summed E-state index contributed by atoms with van der Waals surface area (Å²) in [6.07, 6.45) is 0.0558. The maximum atomic E-state index is 13.1. The molecule has 0 saturated carbocycles. The summed E-state index contributed by atoms with van der Waals surface area (Å²) in [5.41, 5.74) is 5.67. The Hall–Kier alpha value is -4.28. The monoisotopic (exact) mass is 571 g/mol. The van der Waals surface area contributed by atoms with Gasteiger partial charge in [-0.05, 0) is 78.6 Å². The number of amides is 1. The van der Waals surface area contributed by atoms with Crippen LogP contribution in [0.5, 0.6) is 17.4 Å². The van der Waals surface area contributed by atoms with Crippen molar-refractivity contribution >= 4 is 28.7 Å². The minimum absolute atomic E-state index is 0.0474. The summed E-state index contributed by atoms with van der Waals surface area (Å²) in [6, 6.07) is 10.2. The highest BCUT2D eigenvalue weighted by Crippen LogP contribution is 2.39. The summed E-state index contributed by atoms with van der Waals surface area (Å²) >= 11 is 0. The molecule has 0 fully saturated rings. The first-order chi connectivity index (χ1) is 19.1. The van der Waals surface area contributed by atoms with Gasteiger partial charge in [0.15, 0.2) is 11.5 Å². The molecule has 1 unspecified atom stereocenters. The van der Waals surface area contributed by atoms with Crippen LogP contribution in [0.3, 0.4) is 0 Å². The molecule has 224 valence electrons. The molecule has 11 nitrogen and oxygen atoms in total. The number of rotatable bonds is 8. The molecule has 1 atom stereocenters. The van der Waals surface area contributed by atoms with Gasteiger partial charge in [-0.25, -0.2) is 9.59 Å². The van der Waals surface area contributed by atoms with Crippen LogP contribution in [0, 0.1) is 0 Å². The molecule has 3 aromatic rings. The maximum Gasteiger partial charge on any atom is 0.534 e. The summed E-state index contributed by atoms with van der Waals surface area (Å²) in [5, 5.41) is 13.4. The van der Waals surface area contributed by atoms with E-state index in [9.17, 15) is 14.7 Å². The number of hydrogen-bond acceptors (Lipinski definition) is 9. The molecule has 0 aliphatic heterocycles. The van der Waals surface area contributed by atoms with E-state index in [1.807, 2.05) is 25.1 Å². The Morgan fingerprint density at radius 2 is 1.71 bits per heavy atom. The van der Waals surface area contributed by atoms with E-state index in [2.05, 4.69) is 0 Å². The van der Waals surface area contributed by atoms with Crippen molar-refractivity contribution in [3.8, 4) is 17.4 Å². The molecular formula is C30H41N3O8. The van der Waals surface area contributed by atoms with Crippen LogP contribution in [0.1, 0.15) is 66.5 Å². The van der Waals surface area contributed by atoms with Gasteiger partial charge in [-0.2, -0.15) is 0 Å². The second kappa shape index (κ2) is 12.5. The fourth-order valence-electron chi connectivity index (χ4n) is 4.25. The molecule has 0 bridgehead atoms. The van der Waals surface area contributed by atoms with Gasteiger partial charge < -0.3 is 39.2 Å². The molecule has 41 heavy (non-hydrogen) atoms. The van der Waals surface area contributed by atoms with Crippen LogP contribution in [0.2, 0.25) is 0 Å². The van der Waals surface area contributed by atoms with Crippen molar-refractivity contribution in [2.24, 2.45) is 0 Å². The van der Waals surface area contributed by atoms with Gasteiger partial charge >= 0.3 is 12.2 Å². The molecule has 0 spiro atoms. The van der Waals surface area contributed by atoms with E-state index in [0.29, 0.717) is 29.2 Å². The van der Waals surface area contributed by atoms with Crippen LogP contribution < -0.4 is 15.2 Å². The Morgan fingerprint density at radius 3 is 2.29 bits per heavy atom. The third-order valence-corrected chi connectivity index (χ3v) is 5.86. The number of hydrogen-bond donors (Lipinski definition) is 2. The maximum absolute atomic E-state index is 13.1. The van der Waals surface area contributed by atoms with Gasteiger partial charge in [0.25, 0.3) is 0 Å². The SMILES string of the molecule is CCOc1cc(C(CCN(OC(=O)OC(C)(C)C)C(=O)OC(C)(C)C)n2cc3cccc(N)c3c2O)ccc1OC.